The van der Waals surface area contributed by atoms with Crippen LogP contribution in [-0.2, 0) is 14.8 Å². The number of carbonyl (C=O) groups excluding carboxylic acids is 1. The van der Waals surface area contributed by atoms with Crippen molar-refractivity contribution in [1.29, 1.82) is 0 Å². The number of nitro groups is 1. The highest BCUT2D eigenvalue weighted by Gasteiger charge is 2.24. The average Bonchev–Trinajstić information content (AvgIpc) is 2.90. The van der Waals surface area contributed by atoms with Gasteiger partial charge in [0.1, 0.15) is 6.10 Å². The Hall–Kier alpha value is -2.16. The Morgan fingerprint density at radius 1 is 1.24 bits per heavy atom. The van der Waals surface area contributed by atoms with Crippen LogP contribution in [0.1, 0.15) is 25.7 Å². The van der Waals surface area contributed by atoms with Gasteiger partial charge in [-0.2, -0.15) is 0 Å². The van der Waals surface area contributed by atoms with Crippen molar-refractivity contribution in [3.63, 3.8) is 0 Å². The molecule has 21 heavy (non-hydrogen) atoms. The maximum Gasteiger partial charge on any atom is 0.421 e. The van der Waals surface area contributed by atoms with Gasteiger partial charge >= 0.3 is 6.09 Å². The van der Waals surface area contributed by atoms with Crippen LogP contribution < -0.4 is 4.72 Å². The second-order valence-corrected chi connectivity index (χ2v) is 6.35. The van der Waals surface area contributed by atoms with Crippen LogP contribution in [0.25, 0.3) is 0 Å². The summed E-state index contributed by atoms with van der Waals surface area (Å²) < 4.78 is 30.6. The Morgan fingerprint density at radius 3 is 2.33 bits per heavy atom. The van der Waals surface area contributed by atoms with Gasteiger partial charge in [0.15, 0.2) is 0 Å². The fraction of sp³-hybridized carbons (Fsp3) is 0.417. The lowest BCUT2D eigenvalue weighted by Crippen LogP contribution is -2.33. The van der Waals surface area contributed by atoms with E-state index in [0.29, 0.717) is 0 Å². The molecule has 0 radical (unpaired) electrons. The van der Waals surface area contributed by atoms with Crippen LogP contribution in [0.15, 0.2) is 29.2 Å². The average molecular weight is 314 g/mol. The van der Waals surface area contributed by atoms with Crippen molar-refractivity contribution >= 4 is 21.8 Å². The molecule has 0 aliphatic heterocycles. The summed E-state index contributed by atoms with van der Waals surface area (Å²) in [6.07, 6.45) is 2.08. The summed E-state index contributed by atoms with van der Waals surface area (Å²) >= 11 is 0. The lowest BCUT2D eigenvalue weighted by atomic mass is 10.3. The molecule has 1 aliphatic carbocycles. The topological polar surface area (TPSA) is 116 Å². The molecule has 0 unspecified atom stereocenters. The van der Waals surface area contributed by atoms with Gasteiger partial charge in [0.25, 0.3) is 15.7 Å². The lowest BCUT2D eigenvalue weighted by Gasteiger charge is -2.12. The number of amides is 1. The molecule has 114 valence electrons. The maximum atomic E-state index is 11.9. The Labute approximate surface area is 121 Å². The van der Waals surface area contributed by atoms with E-state index in [1.54, 1.807) is 4.72 Å². The second kappa shape index (κ2) is 6.08. The minimum absolute atomic E-state index is 0.234. The fourth-order valence-electron chi connectivity index (χ4n) is 2.10. The normalized spacial score (nSPS) is 15.6. The largest absolute Gasteiger partial charge is 0.446 e. The molecule has 2 rings (SSSR count). The van der Waals surface area contributed by atoms with Gasteiger partial charge in [-0.15, -0.1) is 0 Å². The predicted molar refractivity (Wildman–Crippen MR) is 72.2 cm³/mol. The van der Waals surface area contributed by atoms with E-state index < -0.39 is 21.0 Å². The molecule has 0 spiro atoms. The van der Waals surface area contributed by atoms with E-state index in [0.717, 1.165) is 49.9 Å². The number of nitrogens with zero attached hydrogens (tertiary/aromatic N) is 1. The maximum absolute atomic E-state index is 11.9. The molecule has 1 aromatic rings. The van der Waals surface area contributed by atoms with Crippen LogP contribution in [0.2, 0.25) is 0 Å². The first-order valence-electron chi connectivity index (χ1n) is 6.36. The van der Waals surface area contributed by atoms with E-state index >= 15 is 0 Å². The predicted octanol–water partition coefficient (Wildman–Crippen LogP) is 1.95. The summed E-state index contributed by atoms with van der Waals surface area (Å²) in [6.45, 7) is 0. The number of carbonyl (C=O) groups is 1. The Kier molecular flexibility index (Phi) is 4.41. The number of nitrogens with one attached hydrogen (secondary N) is 1. The number of hydrogen-bond acceptors (Lipinski definition) is 6. The first-order valence-corrected chi connectivity index (χ1v) is 7.85. The molecule has 0 heterocycles. The summed E-state index contributed by atoms with van der Waals surface area (Å²) in [7, 11) is -4.09. The Morgan fingerprint density at radius 2 is 1.81 bits per heavy atom. The van der Waals surface area contributed by atoms with Crippen LogP contribution in [0.5, 0.6) is 0 Å². The van der Waals surface area contributed by atoms with Gasteiger partial charge in [-0.1, -0.05) is 0 Å². The molecule has 0 saturated heterocycles. The lowest BCUT2D eigenvalue weighted by molar-refractivity contribution is -0.384. The third kappa shape index (κ3) is 3.91. The molecular weight excluding hydrogens is 300 g/mol. The summed E-state index contributed by atoms with van der Waals surface area (Å²) in [5.74, 6) is 0. The van der Waals surface area contributed by atoms with E-state index in [2.05, 4.69) is 0 Å². The Balaban J connectivity index is 2.03. The molecule has 8 nitrogen and oxygen atoms in total. The van der Waals surface area contributed by atoms with Crippen molar-refractivity contribution in [2.45, 2.75) is 36.7 Å². The van der Waals surface area contributed by atoms with Crippen LogP contribution >= 0.6 is 0 Å². The van der Waals surface area contributed by atoms with Crippen LogP contribution in [0.3, 0.4) is 0 Å². The van der Waals surface area contributed by atoms with Crippen molar-refractivity contribution in [2.75, 3.05) is 0 Å². The van der Waals surface area contributed by atoms with E-state index in [1.165, 1.54) is 0 Å². The first kappa shape index (κ1) is 15.2. The molecular formula is C12H14N2O6S. The van der Waals surface area contributed by atoms with Crippen molar-refractivity contribution in [2.24, 2.45) is 0 Å². The number of ether oxygens (including phenoxy) is 1. The highest BCUT2D eigenvalue weighted by atomic mass is 32.2. The molecule has 1 saturated carbocycles. The van der Waals surface area contributed by atoms with Crippen LogP contribution in [-0.4, -0.2) is 25.5 Å². The van der Waals surface area contributed by atoms with Crippen molar-refractivity contribution in [3.8, 4) is 0 Å². The monoisotopic (exact) mass is 314 g/mol. The molecule has 1 N–H and O–H groups in total. The van der Waals surface area contributed by atoms with Crippen LogP contribution in [0.4, 0.5) is 10.5 Å². The van der Waals surface area contributed by atoms with Gasteiger partial charge in [-0.3, -0.25) is 10.1 Å². The zero-order valence-corrected chi connectivity index (χ0v) is 11.8. The van der Waals surface area contributed by atoms with Crippen molar-refractivity contribution in [3.05, 3.63) is 34.4 Å². The molecule has 0 aromatic heterocycles. The van der Waals surface area contributed by atoms with Gasteiger partial charge in [-0.05, 0) is 37.8 Å². The van der Waals surface area contributed by atoms with Gasteiger partial charge in [0, 0.05) is 12.1 Å². The second-order valence-electron chi connectivity index (χ2n) is 4.67. The molecule has 1 aliphatic rings. The molecule has 0 bridgehead atoms. The molecule has 1 aromatic carbocycles. The third-order valence-electron chi connectivity index (χ3n) is 3.15. The Bertz CT molecular complexity index is 634. The number of sulfonamides is 1. The third-order valence-corrected chi connectivity index (χ3v) is 4.48. The minimum Gasteiger partial charge on any atom is -0.446 e. The van der Waals surface area contributed by atoms with Gasteiger partial charge < -0.3 is 4.74 Å². The molecule has 1 amide bonds. The molecule has 0 atom stereocenters. The number of non-ortho nitro benzene ring substituents is 1. The van der Waals surface area contributed by atoms with Crippen molar-refractivity contribution < 1.29 is 22.9 Å². The van der Waals surface area contributed by atoms with E-state index in [4.69, 9.17) is 4.74 Å². The van der Waals surface area contributed by atoms with Crippen molar-refractivity contribution in [1.82, 2.24) is 4.72 Å². The number of nitro benzene ring substituents is 1. The van der Waals surface area contributed by atoms with E-state index in [-0.39, 0.29) is 16.7 Å². The van der Waals surface area contributed by atoms with E-state index in [1.807, 2.05) is 0 Å². The fourth-order valence-corrected chi connectivity index (χ4v) is 2.98. The minimum atomic E-state index is -4.09. The van der Waals surface area contributed by atoms with Gasteiger partial charge in [-0.25, -0.2) is 17.9 Å². The first-order chi connectivity index (χ1) is 9.88. The number of rotatable bonds is 4. The zero-order valence-electron chi connectivity index (χ0n) is 11.0. The standard InChI is InChI=1S/C12H14N2O6S/c15-12(20-10-3-1-2-4-10)13-21(18,19)11-7-5-9(6-8-11)14(16)17/h5-8,10H,1-4H2,(H,13,15). The smallest absolute Gasteiger partial charge is 0.421 e. The SMILES string of the molecule is O=C(NS(=O)(=O)c1ccc([N+](=O)[O-])cc1)OC1CCCC1. The molecule has 1 fully saturated rings. The van der Waals surface area contributed by atoms with Gasteiger partial charge in [0.05, 0.1) is 9.82 Å². The number of hydrogen-bond donors (Lipinski definition) is 1. The van der Waals surface area contributed by atoms with E-state index in [9.17, 15) is 23.3 Å². The van der Waals surface area contributed by atoms with Crippen LogP contribution in [0, 0.1) is 10.1 Å². The quantitative estimate of drug-likeness (QED) is 0.670. The number of benzene rings is 1. The molecule has 9 heteroatoms. The summed E-state index contributed by atoms with van der Waals surface area (Å²) in [6, 6.07) is 4.22. The highest BCUT2D eigenvalue weighted by Crippen LogP contribution is 2.21. The van der Waals surface area contributed by atoms with Gasteiger partial charge in [0.2, 0.25) is 0 Å². The summed E-state index contributed by atoms with van der Waals surface area (Å²) in [4.78, 5) is 21.2. The summed E-state index contributed by atoms with van der Waals surface area (Å²) in [5.41, 5.74) is -0.234. The summed E-state index contributed by atoms with van der Waals surface area (Å²) in [5, 5.41) is 10.5. The highest BCUT2D eigenvalue weighted by molar-refractivity contribution is 7.90. The zero-order chi connectivity index (χ0) is 15.5.